The Morgan fingerprint density at radius 2 is 1.78 bits per heavy atom. The third-order valence-electron chi connectivity index (χ3n) is 4.24. The minimum absolute atomic E-state index is 0.108. The average molecular weight is 433 g/mol. The van der Waals surface area contributed by atoms with E-state index >= 15 is 0 Å². The maximum Gasteiger partial charge on any atom is 0.315 e. The van der Waals surface area contributed by atoms with E-state index in [1.807, 2.05) is 37.3 Å². The summed E-state index contributed by atoms with van der Waals surface area (Å²) in [4.78, 5) is 11.8. The molecule has 0 fully saturated rings. The van der Waals surface area contributed by atoms with E-state index in [-0.39, 0.29) is 11.4 Å². The molecule has 0 unspecified atom stereocenters. The molecular formula is C22H29BrN2O2. The summed E-state index contributed by atoms with van der Waals surface area (Å²) in [7, 11) is 0. The van der Waals surface area contributed by atoms with Gasteiger partial charge >= 0.3 is 6.03 Å². The number of ether oxygens (including phenoxy) is 1. The number of halogens is 1. The molecule has 2 aromatic rings. The van der Waals surface area contributed by atoms with Gasteiger partial charge in [-0.3, -0.25) is 0 Å². The number of aryl methyl sites for hydroxylation is 1. The van der Waals surface area contributed by atoms with Crippen LogP contribution in [0.2, 0.25) is 0 Å². The van der Waals surface area contributed by atoms with Gasteiger partial charge in [0.1, 0.15) is 5.75 Å². The number of urea groups is 1. The van der Waals surface area contributed by atoms with Gasteiger partial charge in [0.15, 0.2) is 0 Å². The quantitative estimate of drug-likeness (QED) is 0.581. The fourth-order valence-corrected chi connectivity index (χ4v) is 2.98. The van der Waals surface area contributed by atoms with Gasteiger partial charge in [-0.15, -0.1) is 0 Å². The molecule has 0 atom stereocenters. The lowest BCUT2D eigenvalue weighted by atomic mass is 9.87. The van der Waals surface area contributed by atoms with Crippen molar-refractivity contribution in [3.8, 4) is 5.75 Å². The molecule has 4 nitrogen and oxygen atoms in total. The summed E-state index contributed by atoms with van der Waals surface area (Å²) < 4.78 is 6.77. The van der Waals surface area contributed by atoms with Crippen molar-refractivity contribution in [3.63, 3.8) is 0 Å². The molecule has 0 heterocycles. The molecule has 0 aliphatic heterocycles. The van der Waals surface area contributed by atoms with E-state index in [1.165, 1.54) is 11.1 Å². The predicted molar refractivity (Wildman–Crippen MR) is 114 cm³/mol. The van der Waals surface area contributed by atoms with E-state index in [2.05, 4.69) is 59.5 Å². The number of hydrogen-bond donors (Lipinski definition) is 2. The first kappa shape index (κ1) is 21.3. The van der Waals surface area contributed by atoms with Crippen LogP contribution in [0.5, 0.6) is 5.75 Å². The van der Waals surface area contributed by atoms with Gasteiger partial charge in [0, 0.05) is 13.1 Å². The first-order valence-electron chi connectivity index (χ1n) is 9.26. The smallest absolute Gasteiger partial charge is 0.315 e. The molecule has 0 saturated heterocycles. The summed E-state index contributed by atoms with van der Waals surface area (Å²) in [5.41, 5.74) is 3.66. The zero-order valence-electron chi connectivity index (χ0n) is 16.6. The van der Waals surface area contributed by atoms with Crippen molar-refractivity contribution in [2.24, 2.45) is 0 Å². The van der Waals surface area contributed by atoms with Crippen LogP contribution in [0.1, 0.15) is 43.9 Å². The van der Waals surface area contributed by atoms with Crippen LogP contribution in [-0.4, -0.2) is 19.2 Å². The number of hydrogen-bond acceptors (Lipinski definition) is 2. The highest BCUT2D eigenvalue weighted by atomic mass is 79.9. The van der Waals surface area contributed by atoms with Crippen LogP contribution in [0, 0.1) is 6.92 Å². The number of carbonyl (C=O) groups is 1. The van der Waals surface area contributed by atoms with Gasteiger partial charge < -0.3 is 15.4 Å². The molecule has 0 aliphatic rings. The van der Waals surface area contributed by atoms with Gasteiger partial charge in [-0.2, -0.15) is 0 Å². The number of nitrogens with one attached hydrogen (secondary N) is 2. The third kappa shape index (κ3) is 7.25. The minimum atomic E-state index is -0.161. The lowest BCUT2D eigenvalue weighted by Gasteiger charge is -2.20. The van der Waals surface area contributed by atoms with Crippen molar-refractivity contribution in [1.82, 2.24) is 10.6 Å². The number of amides is 2. The lowest BCUT2D eigenvalue weighted by Crippen LogP contribution is -2.36. The highest BCUT2D eigenvalue weighted by molar-refractivity contribution is 9.10. The van der Waals surface area contributed by atoms with E-state index in [9.17, 15) is 4.79 Å². The molecule has 27 heavy (non-hydrogen) atoms. The van der Waals surface area contributed by atoms with Crippen molar-refractivity contribution in [2.45, 2.75) is 46.1 Å². The summed E-state index contributed by atoms with van der Waals surface area (Å²) in [6.07, 6.45) is 0.741. The van der Waals surface area contributed by atoms with E-state index in [4.69, 9.17) is 4.74 Å². The highest BCUT2D eigenvalue weighted by Crippen LogP contribution is 2.31. The first-order chi connectivity index (χ1) is 12.8. The van der Waals surface area contributed by atoms with Crippen molar-refractivity contribution >= 4 is 22.0 Å². The zero-order valence-corrected chi connectivity index (χ0v) is 18.2. The van der Waals surface area contributed by atoms with Crippen LogP contribution in [-0.2, 0) is 12.0 Å². The molecule has 0 spiro atoms. The highest BCUT2D eigenvalue weighted by Gasteiger charge is 2.15. The van der Waals surface area contributed by atoms with Gasteiger partial charge in [-0.1, -0.05) is 56.7 Å². The van der Waals surface area contributed by atoms with Gasteiger partial charge in [0.25, 0.3) is 0 Å². The predicted octanol–water partition coefficient (Wildman–Crippen LogP) is 5.32. The molecule has 0 bridgehead atoms. The van der Waals surface area contributed by atoms with Gasteiger partial charge in [0.2, 0.25) is 0 Å². The second kappa shape index (κ2) is 9.79. The van der Waals surface area contributed by atoms with E-state index < -0.39 is 0 Å². The molecule has 2 N–H and O–H groups in total. The largest absolute Gasteiger partial charge is 0.492 e. The topological polar surface area (TPSA) is 50.4 Å². The van der Waals surface area contributed by atoms with Crippen molar-refractivity contribution in [1.29, 1.82) is 0 Å². The van der Waals surface area contributed by atoms with Gasteiger partial charge in [0.05, 0.1) is 11.1 Å². The molecular weight excluding hydrogens is 404 g/mol. The number of benzene rings is 2. The van der Waals surface area contributed by atoms with Crippen LogP contribution < -0.4 is 15.4 Å². The second-order valence-corrected chi connectivity index (χ2v) is 8.55. The summed E-state index contributed by atoms with van der Waals surface area (Å²) in [5, 5.41) is 5.71. The van der Waals surface area contributed by atoms with Crippen LogP contribution in [0.25, 0.3) is 0 Å². The minimum Gasteiger partial charge on any atom is -0.492 e. The lowest BCUT2D eigenvalue weighted by molar-refractivity contribution is 0.238. The summed E-state index contributed by atoms with van der Waals surface area (Å²) in [6.45, 7) is 10.2. The summed E-state index contributed by atoms with van der Waals surface area (Å²) in [5.74, 6) is 0.826. The fourth-order valence-electron chi connectivity index (χ4n) is 2.49. The molecule has 2 rings (SSSR count). The van der Waals surface area contributed by atoms with Crippen molar-refractivity contribution < 1.29 is 9.53 Å². The summed E-state index contributed by atoms with van der Waals surface area (Å²) in [6, 6.07) is 14.1. The monoisotopic (exact) mass is 432 g/mol. The Bertz CT molecular complexity index is 752. The van der Waals surface area contributed by atoms with E-state index in [0.717, 1.165) is 22.2 Å². The Balaban J connectivity index is 1.65. The van der Waals surface area contributed by atoms with Crippen molar-refractivity contribution in [2.75, 3.05) is 13.2 Å². The molecule has 5 heteroatoms. The maximum absolute atomic E-state index is 11.8. The SMILES string of the molecule is Cc1ccc(CNC(=O)NCCCOc2ccc(C(C)(C)C)cc2Br)cc1. The maximum atomic E-state index is 11.8. The van der Waals surface area contributed by atoms with E-state index in [0.29, 0.717) is 19.7 Å². The van der Waals surface area contributed by atoms with Crippen molar-refractivity contribution in [3.05, 3.63) is 63.6 Å². The average Bonchev–Trinajstić information content (AvgIpc) is 2.61. The summed E-state index contributed by atoms with van der Waals surface area (Å²) >= 11 is 3.57. The Morgan fingerprint density at radius 1 is 1.07 bits per heavy atom. The van der Waals surface area contributed by atoms with Crippen LogP contribution in [0.3, 0.4) is 0 Å². The van der Waals surface area contributed by atoms with E-state index in [1.54, 1.807) is 0 Å². The van der Waals surface area contributed by atoms with Crippen LogP contribution in [0.15, 0.2) is 46.9 Å². The Hall–Kier alpha value is -2.01. The zero-order chi connectivity index (χ0) is 19.9. The molecule has 0 aliphatic carbocycles. The molecule has 146 valence electrons. The molecule has 2 aromatic carbocycles. The Kier molecular flexibility index (Phi) is 7.72. The molecule has 2 amide bonds. The first-order valence-corrected chi connectivity index (χ1v) is 10.0. The number of rotatable bonds is 7. The number of carbonyl (C=O) groups excluding carboxylic acids is 1. The standard InChI is InChI=1S/C22H29BrN2O2/c1-16-6-8-17(9-7-16)15-25-21(26)24-12-5-13-27-20-11-10-18(14-19(20)23)22(2,3)4/h6-11,14H,5,12-13,15H2,1-4H3,(H2,24,25,26). The van der Waals surface area contributed by atoms with Gasteiger partial charge in [-0.25, -0.2) is 4.79 Å². The Morgan fingerprint density at radius 3 is 2.41 bits per heavy atom. The molecule has 0 saturated carbocycles. The second-order valence-electron chi connectivity index (χ2n) is 7.69. The molecule has 0 aromatic heterocycles. The van der Waals surface area contributed by atoms with Crippen LogP contribution in [0.4, 0.5) is 4.79 Å². The third-order valence-corrected chi connectivity index (χ3v) is 4.86. The normalized spacial score (nSPS) is 11.1. The molecule has 0 radical (unpaired) electrons. The fraction of sp³-hybridized carbons (Fsp3) is 0.409. The Labute approximate surface area is 170 Å². The van der Waals surface area contributed by atoms with Crippen LogP contribution >= 0.6 is 15.9 Å². The van der Waals surface area contributed by atoms with Gasteiger partial charge in [-0.05, 0) is 57.9 Å².